The molecule has 1 aromatic heterocycles. The van der Waals surface area contributed by atoms with Crippen molar-refractivity contribution in [3.05, 3.63) is 11.7 Å². The van der Waals surface area contributed by atoms with Gasteiger partial charge in [0.25, 0.3) is 0 Å². The van der Waals surface area contributed by atoms with E-state index in [4.69, 9.17) is 14.2 Å². The van der Waals surface area contributed by atoms with E-state index in [0.29, 0.717) is 12.0 Å². The van der Waals surface area contributed by atoms with Gasteiger partial charge in [0.05, 0.1) is 5.92 Å². The molecule has 2 saturated carbocycles. The maximum absolute atomic E-state index is 5.81. The molecule has 1 N–H and O–H groups in total. The lowest BCUT2D eigenvalue weighted by molar-refractivity contribution is -0.0527. The number of aromatic nitrogens is 2. The van der Waals surface area contributed by atoms with Gasteiger partial charge in [-0.25, -0.2) is 0 Å². The van der Waals surface area contributed by atoms with Gasteiger partial charge in [-0.2, -0.15) is 4.98 Å². The molecule has 0 radical (unpaired) electrons. The first-order chi connectivity index (χ1) is 10.3. The Balaban J connectivity index is 1.79. The topological polar surface area (TPSA) is 60.2 Å². The molecule has 0 bridgehead atoms. The van der Waals surface area contributed by atoms with Gasteiger partial charge in [0.2, 0.25) is 11.7 Å². The fourth-order valence-corrected chi connectivity index (χ4v) is 3.97. The van der Waals surface area contributed by atoms with E-state index in [2.05, 4.69) is 17.4 Å². The highest BCUT2D eigenvalue weighted by atomic mass is 16.5. The molecule has 118 valence electrons. The molecule has 1 aromatic rings. The van der Waals surface area contributed by atoms with Crippen molar-refractivity contribution in [3.8, 4) is 0 Å². The zero-order valence-electron chi connectivity index (χ0n) is 13.2. The van der Waals surface area contributed by atoms with Crippen LogP contribution in [0.4, 0.5) is 0 Å². The molecule has 0 aromatic carbocycles. The summed E-state index contributed by atoms with van der Waals surface area (Å²) in [5.41, 5.74) is -0.313. The van der Waals surface area contributed by atoms with Crippen molar-refractivity contribution in [2.75, 3.05) is 13.7 Å². The van der Waals surface area contributed by atoms with Gasteiger partial charge in [0.15, 0.2) is 0 Å². The van der Waals surface area contributed by atoms with Gasteiger partial charge in [0, 0.05) is 13.2 Å². The quantitative estimate of drug-likeness (QED) is 0.904. The molecule has 2 unspecified atom stereocenters. The Kier molecular flexibility index (Phi) is 4.60. The SMILES string of the molecule is CCNC1CCCC1c1nc(C2(OC)CCCCC2)no1. The number of nitrogens with zero attached hydrogens (tertiary/aromatic N) is 2. The molecule has 2 aliphatic carbocycles. The normalized spacial score (nSPS) is 28.9. The number of rotatable bonds is 5. The molecular formula is C16H27N3O2. The Bertz CT molecular complexity index is 454. The Morgan fingerprint density at radius 1 is 1.24 bits per heavy atom. The van der Waals surface area contributed by atoms with Crippen LogP contribution in [0.15, 0.2) is 4.52 Å². The third kappa shape index (κ3) is 2.86. The van der Waals surface area contributed by atoms with Crippen LogP contribution in [0, 0.1) is 0 Å². The fraction of sp³-hybridized carbons (Fsp3) is 0.875. The molecule has 2 atom stereocenters. The predicted octanol–water partition coefficient (Wildman–Crippen LogP) is 3.12. The summed E-state index contributed by atoms with van der Waals surface area (Å²) in [5.74, 6) is 1.93. The lowest BCUT2D eigenvalue weighted by Gasteiger charge is -2.32. The number of likely N-dealkylation sites (N-methyl/N-ethyl adjacent to an activating group) is 1. The van der Waals surface area contributed by atoms with Crippen LogP contribution in [-0.2, 0) is 10.3 Å². The molecule has 0 amide bonds. The molecule has 0 saturated heterocycles. The molecule has 5 nitrogen and oxygen atoms in total. The average molecular weight is 293 g/mol. The van der Waals surface area contributed by atoms with Gasteiger partial charge < -0.3 is 14.6 Å². The summed E-state index contributed by atoms with van der Waals surface area (Å²) in [6, 6.07) is 0.480. The Morgan fingerprint density at radius 2 is 2.05 bits per heavy atom. The van der Waals surface area contributed by atoms with E-state index in [1.807, 2.05) is 0 Å². The number of methoxy groups -OCH3 is 1. The third-order valence-electron chi connectivity index (χ3n) is 5.20. The van der Waals surface area contributed by atoms with Crippen molar-refractivity contribution in [2.24, 2.45) is 0 Å². The minimum absolute atomic E-state index is 0.313. The van der Waals surface area contributed by atoms with Crippen molar-refractivity contribution in [3.63, 3.8) is 0 Å². The van der Waals surface area contributed by atoms with Crippen LogP contribution in [-0.4, -0.2) is 29.8 Å². The van der Waals surface area contributed by atoms with Gasteiger partial charge in [-0.15, -0.1) is 0 Å². The lowest BCUT2D eigenvalue weighted by Crippen LogP contribution is -2.33. The largest absolute Gasteiger partial charge is 0.370 e. The highest BCUT2D eigenvalue weighted by Crippen LogP contribution is 2.40. The Hall–Kier alpha value is -0.940. The second kappa shape index (κ2) is 6.44. The summed E-state index contributed by atoms with van der Waals surface area (Å²) in [4.78, 5) is 4.75. The van der Waals surface area contributed by atoms with E-state index in [0.717, 1.165) is 37.5 Å². The zero-order chi connectivity index (χ0) is 14.7. The predicted molar refractivity (Wildman–Crippen MR) is 80.1 cm³/mol. The van der Waals surface area contributed by atoms with Gasteiger partial charge >= 0.3 is 0 Å². The standard InChI is InChI=1S/C16H27N3O2/c1-3-17-13-9-7-8-12(13)14-18-15(19-21-14)16(20-2)10-5-4-6-11-16/h12-13,17H,3-11H2,1-2H3. The molecular weight excluding hydrogens is 266 g/mol. The molecule has 2 aliphatic rings. The first-order valence-corrected chi connectivity index (χ1v) is 8.41. The first-order valence-electron chi connectivity index (χ1n) is 8.41. The van der Waals surface area contributed by atoms with Crippen LogP contribution in [0.5, 0.6) is 0 Å². The minimum Gasteiger partial charge on any atom is -0.370 e. The summed E-state index contributed by atoms with van der Waals surface area (Å²) in [6.07, 6.45) is 9.22. The number of ether oxygens (including phenoxy) is 1. The summed E-state index contributed by atoms with van der Waals surface area (Å²) in [7, 11) is 1.78. The van der Waals surface area contributed by atoms with Crippen molar-refractivity contribution < 1.29 is 9.26 Å². The summed E-state index contributed by atoms with van der Waals surface area (Å²) < 4.78 is 11.4. The van der Waals surface area contributed by atoms with Crippen molar-refractivity contribution in [2.45, 2.75) is 75.9 Å². The molecule has 0 aliphatic heterocycles. The van der Waals surface area contributed by atoms with E-state index in [9.17, 15) is 0 Å². The highest BCUT2D eigenvalue weighted by molar-refractivity contribution is 5.08. The van der Waals surface area contributed by atoms with E-state index in [-0.39, 0.29) is 5.60 Å². The fourth-order valence-electron chi connectivity index (χ4n) is 3.97. The first kappa shape index (κ1) is 15.0. The minimum atomic E-state index is -0.313. The third-order valence-corrected chi connectivity index (χ3v) is 5.20. The van der Waals surface area contributed by atoms with Crippen LogP contribution in [0.25, 0.3) is 0 Å². The second-order valence-corrected chi connectivity index (χ2v) is 6.42. The highest BCUT2D eigenvalue weighted by Gasteiger charge is 2.40. The van der Waals surface area contributed by atoms with Gasteiger partial charge in [-0.1, -0.05) is 37.8 Å². The molecule has 1 heterocycles. The molecule has 21 heavy (non-hydrogen) atoms. The van der Waals surface area contributed by atoms with Crippen LogP contribution in [0.2, 0.25) is 0 Å². The van der Waals surface area contributed by atoms with Crippen molar-refractivity contribution >= 4 is 0 Å². The maximum atomic E-state index is 5.81. The van der Waals surface area contributed by atoms with Crippen LogP contribution in [0.1, 0.15) is 75.9 Å². The second-order valence-electron chi connectivity index (χ2n) is 6.42. The molecule has 3 rings (SSSR count). The maximum Gasteiger partial charge on any atom is 0.231 e. The summed E-state index contributed by atoms with van der Waals surface area (Å²) in [5, 5.41) is 7.83. The van der Waals surface area contributed by atoms with Gasteiger partial charge in [-0.3, -0.25) is 0 Å². The van der Waals surface area contributed by atoms with E-state index < -0.39 is 0 Å². The zero-order valence-corrected chi connectivity index (χ0v) is 13.2. The lowest BCUT2D eigenvalue weighted by atomic mass is 9.84. The van der Waals surface area contributed by atoms with Gasteiger partial charge in [0.1, 0.15) is 5.60 Å². The Labute approximate surface area is 126 Å². The average Bonchev–Trinajstić information content (AvgIpc) is 3.17. The van der Waals surface area contributed by atoms with E-state index in [1.54, 1.807) is 7.11 Å². The smallest absolute Gasteiger partial charge is 0.231 e. The van der Waals surface area contributed by atoms with Crippen molar-refractivity contribution in [1.29, 1.82) is 0 Å². The van der Waals surface area contributed by atoms with E-state index >= 15 is 0 Å². The van der Waals surface area contributed by atoms with Crippen LogP contribution < -0.4 is 5.32 Å². The Morgan fingerprint density at radius 3 is 2.76 bits per heavy atom. The summed E-state index contributed by atoms with van der Waals surface area (Å²) in [6.45, 7) is 3.14. The van der Waals surface area contributed by atoms with E-state index in [1.165, 1.54) is 32.1 Å². The van der Waals surface area contributed by atoms with Crippen molar-refractivity contribution in [1.82, 2.24) is 15.5 Å². The van der Waals surface area contributed by atoms with Crippen LogP contribution >= 0.6 is 0 Å². The number of hydrogen-bond acceptors (Lipinski definition) is 5. The van der Waals surface area contributed by atoms with Crippen LogP contribution in [0.3, 0.4) is 0 Å². The summed E-state index contributed by atoms with van der Waals surface area (Å²) >= 11 is 0. The molecule has 5 heteroatoms. The monoisotopic (exact) mass is 293 g/mol. The molecule has 0 spiro atoms. The molecule has 2 fully saturated rings. The number of hydrogen-bond donors (Lipinski definition) is 1. The van der Waals surface area contributed by atoms with Gasteiger partial charge in [-0.05, 0) is 32.2 Å². The number of nitrogens with one attached hydrogen (secondary N) is 1.